The summed E-state index contributed by atoms with van der Waals surface area (Å²) in [6.45, 7) is 4.73. The second-order valence-corrected chi connectivity index (χ2v) is 19.5. The minimum absolute atomic E-state index is 0.184. The van der Waals surface area contributed by atoms with Gasteiger partial charge in [0.2, 0.25) is 0 Å². The summed E-state index contributed by atoms with van der Waals surface area (Å²) < 4.78 is 22.8. The third kappa shape index (κ3) is 52.0. The van der Waals surface area contributed by atoms with E-state index >= 15 is 0 Å². The average molecular weight is 980 g/mol. The molecule has 0 saturated carbocycles. The first-order valence-corrected chi connectivity index (χ1v) is 27.9. The molecule has 0 aromatic carbocycles. The Morgan fingerprint density at radius 3 is 1.21 bits per heavy atom. The van der Waals surface area contributed by atoms with Crippen LogP contribution < -0.4 is 0 Å². The lowest BCUT2D eigenvalue weighted by Crippen LogP contribution is -2.40. The molecule has 0 aromatic heterocycles. The van der Waals surface area contributed by atoms with E-state index in [9.17, 15) is 19.5 Å². The monoisotopic (exact) mass is 979 g/mol. The van der Waals surface area contributed by atoms with Gasteiger partial charge in [-0.05, 0) is 77.0 Å². The number of rotatable bonds is 50. The van der Waals surface area contributed by atoms with E-state index in [-0.39, 0.29) is 32.2 Å². The van der Waals surface area contributed by atoms with Crippen LogP contribution in [0, 0.1) is 0 Å². The fourth-order valence-electron chi connectivity index (χ4n) is 7.32. The third-order valence-corrected chi connectivity index (χ3v) is 11.6. The van der Waals surface area contributed by atoms with Gasteiger partial charge in [0, 0.05) is 12.8 Å². The summed E-state index contributed by atoms with van der Waals surface area (Å²) >= 11 is 0. The lowest BCUT2D eigenvalue weighted by molar-refractivity contribution is -0.870. The molecule has 0 spiro atoms. The van der Waals surface area contributed by atoms with Crippen molar-refractivity contribution < 1.29 is 42.9 Å². The van der Waals surface area contributed by atoms with Gasteiger partial charge >= 0.3 is 17.9 Å². The van der Waals surface area contributed by atoms with E-state index in [2.05, 4.69) is 111 Å². The number of allylic oxidation sites excluding steroid dienone is 16. The molecule has 0 fully saturated rings. The zero-order chi connectivity index (χ0) is 51.3. The Hall–Kier alpha value is -3.79. The van der Waals surface area contributed by atoms with Gasteiger partial charge in [0.15, 0.2) is 6.10 Å². The van der Waals surface area contributed by atoms with Gasteiger partial charge in [0.1, 0.15) is 13.2 Å². The van der Waals surface area contributed by atoms with E-state index in [1.165, 1.54) is 83.5 Å². The molecule has 9 nitrogen and oxygen atoms in total. The number of hydrogen-bond acceptors (Lipinski definition) is 7. The van der Waals surface area contributed by atoms with Gasteiger partial charge in [-0.25, -0.2) is 4.79 Å². The van der Waals surface area contributed by atoms with E-state index in [0.717, 1.165) is 96.3 Å². The summed E-state index contributed by atoms with van der Waals surface area (Å²) in [6, 6.07) is 0. The molecule has 2 unspecified atom stereocenters. The number of carboxylic acids is 1. The smallest absolute Gasteiger partial charge is 0.361 e. The van der Waals surface area contributed by atoms with Gasteiger partial charge in [-0.15, -0.1) is 0 Å². The molecule has 0 rings (SSSR count). The molecule has 0 aromatic rings. The van der Waals surface area contributed by atoms with E-state index < -0.39 is 24.3 Å². The molecule has 0 amide bonds. The summed E-state index contributed by atoms with van der Waals surface area (Å²) in [4.78, 5) is 37.2. The second kappa shape index (κ2) is 51.6. The maximum absolute atomic E-state index is 12.8. The molecule has 0 saturated heterocycles. The van der Waals surface area contributed by atoms with Gasteiger partial charge in [-0.3, -0.25) is 9.59 Å². The quantitative estimate of drug-likeness (QED) is 0.0211. The van der Waals surface area contributed by atoms with E-state index in [1.807, 2.05) is 21.1 Å². The van der Waals surface area contributed by atoms with Crippen LogP contribution in [0.5, 0.6) is 0 Å². The van der Waals surface area contributed by atoms with Crippen LogP contribution >= 0.6 is 0 Å². The van der Waals surface area contributed by atoms with Crippen LogP contribution in [-0.2, 0) is 33.3 Å². The lowest BCUT2D eigenvalue weighted by atomic mass is 10.0. The molecule has 0 bridgehead atoms. The zero-order valence-electron chi connectivity index (χ0n) is 45.4. The van der Waals surface area contributed by atoms with E-state index in [1.54, 1.807) is 0 Å². The first-order chi connectivity index (χ1) is 34.1. The maximum Gasteiger partial charge on any atom is 0.361 e. The van der Waals surface area contributed by atoms with Crippen molar-refractivity contribution in [1.82, 2.24) is 0 Å². The molecule has 0 aliphatic heterocycles. The van der Waals surface area contributed by atoms with Crippen LogP contribution in [0.15, 0.2) is 97.2 Å². The van der Waals surface area contributed by atoms with Crippen molar-refractivity contribution in [3.63, 3.8) is 0 Å². The van der Waals surface area contributed by atoms with Crippen LogP contribution in [0.25, 0.3) is 0 Å². The Morgan fingerprint density at radius 2 is 0.814 bits per heavy atom. The topological polar surface area (TPSA) is 108 Å². The molecule has 1 N–H and O–H groups in total. The molecule has 0 heterocycles. The van der Waals surface area contributed by atoms with Crippen molar-refractivity contribution in [3.05, 3.63) is 97.2 Å². The number of ether oxygens (including phenoxy) is 4. The molecule has 9 heteroatoms. The zero-order valence-corrected chi connectivity index (χ0v) is 45.4. The number of carbonyl (C=O) groups is 3. The van der Waals surface area contributed by atoms with Crippen molar-refractivity contribution in [1.29, 1.82) is 0 Å². The summed E-state index contributed by atoms with van der Waals surface area (Å²) in [5.74, 6) is -2.02. The van der Waals surface area contributed by atoms with Crippen LogP contribution in [0.2, 0.25) is 0 Å². The lowest BCUT2D eigenvalue weighted by Gasteiger charge is -2.25. The number of carboxylic acid groups (broad SMARTS) is 1. The highest BCUT2D eigenvalue weighted by Gasteiger charge is 2.25. The minimum Gasteiger partial charge on any atom is -0.477 e. The minimum atomic E-state index is -1.51. The van der Waals surface area contributed by atoms with E-state index in [4.69, 9.17) is 18.9 Å². The predicted molar refractivity (Wildman–Crippen MR) is 295 cm³/mol. The number of esters is 2. The Bertz CT molecular complexity index is 1470. The number of likely N-dealkylation sites (N-methyl/N-ethyl adjacent to an activating group) is 1. The Morgan fingerprint density at radius 1 is 0.443 bits per heavy atom. The standard InChI is InChI=1S/C61H103NO8/c1-6-8-10-12-14-16-18-19-20-21-22-23-24-25-26-27-28-29-30-31-32-33-34-35-36-37-38-39-40-41-42-44-46-48-50-52-59(64)70-57(56-69-61(60(65)66)67-54-53-62(3,4)5)55-68-58(63)51-49-47-45-43-17-15-13-11-9-7-2/h8,10,14,16,19-20,22-23,25-26,28-29,31-32,34-35,57,61H,6-7,9,11-13,15,17-18,21,24,27,30,33,36-56H2,1-5H3/p+1/b10-8-,16-14-,20-19-,23-22-,26-25-,29-28-,32-31-,35-34-. The normalized spacial score (nSPS) is 13.6. The molecule has 400 valence electrons. The number of hydrogen-bond donors (Lipinski definition) is 1. The fraction of sp³-hybridized carbons (Fsp3) is 0.689. The highest BCUT2D eigenvalue weighted by molar-refractivity contribution is 5.71. The SMILES string of the molecule is CC/C=C\C/C=C\C/C=C\C/C=C\C/C=C\C/C=C\C/C=C\C/C=C\CCCCCCCCCCCCC(=O)OC(COC(=O)CCCCCCCCCCCC)COC(OCC[N+](C)(C)C)C(=O)O. The molecular weight excluding hydrogens is 875 g/mol. The van der Waals surface area contributed by atoms with Gasteiger partial charge < -0.3 is 28.5 Å². The molecule has 0 aliphatic carbocycles. The van der Waals surface area contributed by atoms with Crippen molar-refractivity contribution in [2.24, 2.45) is 0 Å². The van der Waals surface area contributed by atoms with Crippen LogP contribution in [0.1, 0.15) is 213 Å². The molecule has 0 aliphatic rings. The Kier molecular flexibility index (Phi) is 48.8. The molecule has 2 atom stereocenters. The van der Waals surface area contributed by atoms with Crippen molar-refractivity contribution in [3.8, 4) is 0 Å². The predicted octanol–water partition coefficient (Wildman–Crippen LogP) is 16.2. The summed E-state index contributed by atoms with van der Waals surface area (Å²) in [6.07, 6.45) is 66.4. The van der Waals surface area contributed by atoms with Crippen molar-refractivity contribution >= 4 is 17.9 Å². The fourth-order valence-corrected chi connectivity index (χ4v) is 7.32. The van der Waals surface area contributed by atoms with Crippen LogP contribution in [0.3, 0.4) is 0 Å². The maximum atomic E-state index is 12.8. The highest BCUT2D eigenvalue weighted by atomic mass is 16.7. The van der Waals surface area contributed by atoms with Gasteiger partial charge in [-0.1, -0.05) is 220 Å². The first-order valence-electron chi connectivity index (χ1n) is 27.9. The van der Waals surface area contributed by atoms with Crippen molar-refractivity contribution in [2.75, 3.05) is 47.5 Å². The molecular formula is C61H104NO8+. The number of quaternary nitrogens is 1. The largest absolute Gasteiger partial charge is 0.477 e. The first kappa shape index (κ1) is 66.2. The highest BCUT2D eigenvalue weighted by Crippen LogP contribution is 2.15. The number of aliphatic carboxylic acids is 1. The number of nitrogens with zero attached hydrogens (tertiary/aromatic N) is 1. The molecule has 70 heavy (non-hydrogen) atoms. The Balaban J connectivity index is 4.14. The third-order valence-electron chi connectivity index (χ3n) is 11.6. The van der Waals surface area contributed by atoms with Crippen LogP contribution in [-0.4, -0.2) is 87.4 Å². The average Bonchev–Trinajstić information content (AvgIpc) is 3.33. The Labute approximate surface area is 429 Å². The van der Waals surface area contributed by atoms with Crippen molar-refractivity contribution in [2.45, 2.75) is 225 Å². The summed E-state index contributed by atoms with van der Waals surface area (Å²) in [5.41, 5.74) is 0. The molecule has 0 radical (unpaired) electrons. The van der Waals surface area contributed by atoms with Gasteiger partial charge in [0.05, 0.1) is 34.4 Å². The van der Waals surface area contributed by atoms with Gasteiger partial charge in [-0.2, -0.15) is 0 Å². The van der Waals surface area contributed by atoms with Gasteiger partial charge in [0.25, 0.3) is 6.29 Å². The number of unbranched alkanes of at least 4 members (excludes halogenated alkanes) is 19. The van der Waals surface area contributed by atoms with Crippen LogP contribution in [0.4, 0.5) is 0 Å². The van der Waals surface area contributed by atoms with E-state index in [0.29, 0.717) is 23.9 Å². The number of carbonyl (C=O) groups excluding carboxylic acids is 2. The second-order valence-electron chi connectivity index (χ2n) is 19.5. The summed E-state index contributed by atoms with van der Waals surface area (Å²) in [7, 11) is 5.95. The summed E-state index contributed by atoms with van der Waals surface area (Å²) in [5, 5.41) is 9.66.